The Morgan fingerprint density at radius 1 is 1.07 bits per heavy atom. The van der Waals surface area contributed by atoms with Gasteiger partial charge in [0.2, 0.25) is 0 Å². The number of carbonyl (C=O) groups is 1. The van der Waals surface area contributed by atoms with Crippen LogP contribution in [0.5, 0.6) is 0 Å². The summed E-state index contributed by atoms with van der Waals surface area (Å²) >= 11 is 5.91. The normalized spacial score (nSPS) is 11.7. The predicted molar refractivity (Wildman–Crippen MR) is 117 cm³/mol. The molecular weight excluding hydrogens is 400 g/mol. The van der Waals surface area contributed by atoms with E-state index in [1.807, 2.05) is 39.0 Å². The van der Waals surface area contributed by atoms with E-state index in [1.54, 1.807) is 47.4 Å². The maximum atomic E-state index is 12.8. The van der Waals surface area contributed by atoms with Crippen molar-refractivity contribution < 1.29 is 4.79 Å². The number of hydrogen-bond acceptors (Lipinski definition) is 4. The van der Waals surface area contributed by atoms with Crippen molar-refractivity contribution in [2.24, 2.45) is 0 Å². The molecule has 0 aliphatic heterocycles. The Balaban J connectivity index is 1.63. The summed E-state index contributed by atoms with van der Waals surface area (Å²) in [6.07, 6.45) is 3.34. The van der Waals surface area contributed by atoms with Gasteiger partial charge in [-0.2, -0.15) is 10.2 Å². The number of hydrogen-bond donors (Lipinski definition) is 0. The van der Waals surface area contributed by atoms with E-state index in [2.05, 4.69) is 10.2 Å². The lowest BCUT2D eigenvalue weighted by Crippen LogP contribution is -2.35. The van der Waals surface area contributed by atoms with Gasteiger partial charge in [-0.15, -0.1) is 0 Å². The quantitative estimate of drug-likeness (QED) is 0.462. The van der Waals surface area contributed by atoms with Crippen LogP contribution in [-0.2, 0) is 12.1 Å². The van der Waals surface area contributed by atoms with Gasteiger partial charge >= 0.3 is 0 Å². The number of rotatable bonds is 4. The molecule has 0 amide bonds. The molecule has 7 heteroatoms. The molecule has 0 saturated heterocycles. The number of fused-ring (bicyclic) bond motifs is 1. The number of aromatic nitrogens is 4. The monoisotopic (exact) mass is 420 g/mol. The van der Waals surface area contributed by atoms with Gasteiger partial charge in [-0.1, -0.05) is 29.8 Å². The Hall–Kier alpha value is -3.25. The van der Waals surface area contributed by atoms with Crippen molar-refractivity contribution >= 4 is 28.3 Å². The number of nitrogens with zero attached hydrogens (tertiary/aromatic N) is 4. The van der Waals surface area contributed by atoms with Gasteiger partial charge in [-0.25, -0.2) is 4.68 Å². The third kappa shape index (κ3) is 3.91. The zero-order valence-electron chi connectivity index (χ0n) is 17.0. The molecule has 0 unspecified atom stereocenters. The van der Waals surface area contributed by atoms with Crippen molar-refractivity contribution in [3.05, 3.63) is 93.0 Å². The van der Waals surface area contributed by atoms with E-state index >= 15 is 0 Å². The lowest BCUT2D eigenvalue weighted by Gasteiger charge is -2.19. The van der Waals surface area contributed by atoms with Crippen LogP contribution in [0.25, 0.3) is 10.9 Å². The molecule has 0 atom stereocenters. The Kier molecular flexibility index (Phi) is 5.03. The SMILES string of the molecule is CC(C)(C)n1ncc2nn(Cc3cccc(C(=O)c4ccc(Cl)cc4)c3)cc2c1=O. The van der Waals surface area contributed by atoms with Crippen molar-refractivity contribution in [3.8, 4) is 0 Å². The summed E-state index contributed by atoms with van der Waals surface area (Å²) in [4.78, 5) is 25.5. The van der Waals surface area contributed by atoms with E-state index in [0.29, 0.717) is 33.6 Å². The first kappa shape index (κ1) is 20.0. The first-order chi connectivity index (χ1) is 14.2. The maximum absolute atomic E-state index is 12.8. The zero-order chi connectivity index (χ0) is 21.5. The van der Waals surface area contributed by atoms with Crippen molar-refractivity contribution in [1.82, 2.24) is 19.6 Å². The van der Waals surface area contributed by atoms with Crippen molar-refractivity contribution in [3.63, 3.8) is 0 Å². The smallest absolute Gasteiger partial charge is 0.278 e. The topological polar surface area (TPSA) is 69.8 Å². The van der Waals surface area contributed by atoms with Crippen LogP contribution in [0.4, 0.5) is 0 Å². The highest BCUT2D eigenvalue weighted by molar-refractivity contribution is 6.30. The third-order valence-corrected chi connectivity index (χ3v) is 5.04. The second-order valence-corrected chi connectivity index (χ2v) is 8.63. The molecule has 30 heavy (non-hydrogen) atoms. The van der Waals surface area contributed by atoms with Crippen molar-refractivity contribution in [2.45, 2.75) is 32.9 Å². The van der Waals surface area contributed by atoms with E-state index in [-0.39, 0.29) is 11.3 Å². The molecule has 0 spiro atoms. The molecule has 4 rings (SSSR count). The number of carbonyl (C=O) groups excluding carboxylic acids is 1. The predicted octanol–water partition coefficient (Wildman–Crippen LogP) is 4.28. The fourth-order valence-electron chi connectivity index (χ4n) is 3.30. The fraction of sp³-hybridized carbons (Fsp3) is 0.217. The van der Waals surface area contributed by atoms with Gasteiger partial charge in [-0.05, 0) is 56.7 Å². The molecule has 0 radical (unpaired) electrons. The molecule has 0 aliphatic rings. The van der Waals surface area contributed by atoms with Gasteiger partial charge in [0.05, 0.1) is 23.7 Å². The molecule has 152 valence electrons. The number of ketones is 1. The molecule has 0 bridgehead atoms. The van der Waals surface area contributed by atoms with Crippen LogP contribution in [0, 0.1) is 0 Å². The van der Waals surface area contributed by atoms with Gasteiger partial charge in [-0.3, -0.25) is 14.3 Å². The van der Waals surface area contributed by atoms with E-state index in [1.165, 1.54) is 4.68 Å². The van der Waals surface area contributed by atoms with Crippen LogP contribution < -0.4 is 5.56 Å². The summed E-state index contributed by atoms with van der Waals surface area (Å²) in [7, 11) is 0. The lowest BCUT2D eigenvalue weighted by atomic mass is 10.0. The summed E-state index contributed by atoms with van der Waals surface area (Å²) < 4.78 is 3.17. The van der Waals surface area contributed by atoms with Gasteiger partial charge in [0, 0.05) is 22.3 Å². The minimum Gasteiger partial charge on any atom is -0.289 e. The molecular formula is C23H21ClN4O2. The summed E-state index contributed by atoms with van der Waals surface area (Å²) in [6.45, 7) is 6.23. The minimum absolute atomic E-state index is 0.0728. The summed E-state index contributed by atoms with van der Waals surface area (Å²) in [5.41, 5.74) is 2.04. The number of benzene rings is 2. The van der Waals surface area contributed by atoms with Crippen molar-refractivity contribution in [1.29, 1.82) is 0 Å². The highest BCUT2D eigenvalue weighted by atomic mass is 35.5. The number of halogens is 1. The minimum atomic E-state index is -0.413. The Labute approximate surface area is 178 Å². The maximum Gasteiger partial charge on any atom is 0.278 e. The van der Waals surface area contributed by atoms with E-state index in [9.17, 15) is 9.59 Å². The first-order valence-electron chi connectivity index (χ1n) is 9.57. The average molecular weight is 421 g/mol. The van der Waals surface area contributed by atoms with Gasteiger partial charge < -0.3 is 0 Å². The first-order valence-corrected chi connectivity index (χ1v) is 9.95. The van der Waals surface area contributed by atoms with Gasteiger partial charge in [0.25, 0.3) is 5.56 Å². The van der Waals surface area contributed by atoms with Crippen LogP contribution >= 0.6 is 11.6 Å². The van der Waals surface area contributed by atoms with E-state index < -0.39 is 5.54 Å². The summed E-state index contributed by atoms with van der Waals surface area (Å²) in [5, 5.41) is 9.84. The molecule has 0 aliphatic carbocycles. The molecule has 6 nitrogen and oxygen atoms in total. The molecule has 0 N–H and O–H groups in total. The van der Waals surface area contributed by atoms with E-state index in [0.717, 1.165) is 5.56 Å². The van der Waals surface area contributed by atoms with Crippen LogP contribution in [0.1, 0.15) is 42.3 Å². The van der Waals surface area contributed by atoms with Crippen LogP contribution in [0.2, 0.25) is 5.02 Å². The Bertz CT molecular complexity index is 1300. The Morgan fingerprint density at radius 2 is 1.80 bits per heavy atom. The zero-order valence-corrected chi connectivity index (χ0v) is 17.7. The highest BCUT2D eigenvalue weighted by Gasteiger charge is 2.19. The highest BCUT2D eigenvalue weighted by Crippen LogP contribution is 2.17. The molecule has 2 aromatic heterocycles. The second-order valence-electron chi connectivity index (χ2n) is 8.19. The second kappa shape index (κ2) is 7.54. The Morgan fingerprint density at radius 3 is 2.50 bits per heavy atom. The molecule has 4 aromatic rings. The molecule has 0 fully saturated rings. The third-order valence-electron chi connectivity index (χ3n) is 4.78. The summed E-state index contributed by atoms with van der Waals surface area (Å²) in [6, 6.07) is 14.2. The molecule has 0 saturated carbocycles. The van der Waals surface area contributed by atoms with Crippen molar-refractivity contribution in [2.75, 3.05) is 0 Å². The standard InChI is InChI=1S/C23H21ClN4O2/c1-23(2,3)28-22(30)19-14-27(26-20(19)12-25-28)13-15-5-4-6-17(11-15)21(29)16-7-9-18(24)10-8-16/h4-12,14H,13H2,1-3H3. The van der Waals surface area contributed by atoms with Crippen LogP contribution in [-0.4, -0.2) is 25.3 Å². The van der Waals surface area contributed by atoms with Gasteiger partial charge in [0.1, 0.15) is 5.52 Å². The van der Waals surface area contributed by atoms with Crippen LogP contribution in [0.15, 0.2) is 65.7 Å². The molecule has 2 heterocycles. The largest absolute Gasteiger partial charge is 0.289 e. The average Bonchev–Trinajstić information content (AvgIpc) is 3.11. The van der Waals surface area contributed by atoms with Gasteiger partial charge in [0.15, 0.2) is 5.78 Å². The summed E-state index contributed by atoms with van der Waals surface area (Å²) in [5.74, 6) is -0.0728. The lowest BCUT2D eigenvalue weighted by molar-refractivity contribution is 0.103. The fourth-order valence-corrected chi connectivity index (χ4v) is 3.43. The van der Waals surface area contributed by atoms with E-state index in [4.69, 9.17) is 11.6 Å². The van der Waals surface area contributed by atoms with Crippen LogP contribution in [0.3, 0.4) is 0 Å². The molecule has 2 aromatic carbocycles.